The summed E-state index contributed by atoms with van der Waals surface area (Å²) in [5.41, 5.74) is 1.76. The number of nitrogens with one attached hydrogen (secondary N) is 1. The van der Waals surface area contributed by atoms with Crippen LogP contribution in [-0.2, 0) is 0 Å². The molecule has 0 spiro atoms. The maximum atomic E-state index is 3.69. The summed E-state index contributed by atoms with van der Waals surface area (Å²) in [6.45, 7) is 14.7. The van der Waals surface area contributed by atoms with Crippen molar-refractivity contribution in [2.45, 2.75) is 54.0 Å². The Labute approximate surface area is 104 Å². The molecule has 92 valence electrons. The van der Waals surface area contributed by atoms with Crippen molar-refractivity contribution in [1.82, 2.24) is 5.32 Å². The summed E-state index contributed by atoms with van der Waals surface area (Å²) in [5, 5.41) is 3.69. The number of rotatable bonds is 4. The molecular weight excluding hydrogens is 214 g/mol. The fourth-order valence-electron chi connectivity index (χ4n) is 2.11. The minimum Gasteiger partial charge on any atom is -0.309 e. The normalized spacial score (nSPS) is 14.1. The van der Waals surface area contributed by atoms with Gasteiger partial charge in [0, 0.05) is 15.8 Å². The van der Waals surface area contributed by atoms with Crippen molar-refractivity contribution in [3.05, 3.63) is 21.4 Å². The molecule has 1 heterocycles. The van der Waals surface area contributed by atoms with Crippen LogP contribution in [-0.4, -0.2) is 6.54 Å². The van der Waals surface area contributed by atoms with Crippen molar-refractivity contribution in [2.75, 3.05) is 6.54 Å². The zero-order chi connectivity index (χ0) is 12.3. The lowest BCUT2D eigenvalue weighted by Crippen LogP contribution is -2.33. The van der Waals surface area contributed by atoms with E-state index in [0.717, 1.165) is 6.54 Å². The molecule has 1 aromatic heterocycles. The van der Waals surface area contributed by atoms with Gasteiger partial charge >= 0.3 is 0 Å². The SMILES string of the molecule is CCCNC(c1cc(C)sc1C)C(C)(C)C. The third kappa shape index (κ3) is 3.33. The largest absolute Gasteiger partial charge is 0.309 e. The summed E-state index contributed by atoms with van der Waals surface area (Å²) in [7, 11) is 0. The molecule has 1 nitrogen and oxygen atoms in total. The van der Waals surface area contributed by atoms with Gasteiger partial charge in [0.2, 0.25) is 0 Å². The molecule has 1 unspecified atom stereocenters. The summed E-state index contributed by atoms with van der Waals surface area (Å²) in [5.74, 6) is 0. The van der Waals surface area contributed by atoms with Crippen molar-refractivity contribution in [3.8, 4) is 0 Å². The highest BCUT2D eigenvalue weighted by atomic mass is 32.1. The van der Waals surface area contributed by atoms with Crippen LogP contribution in [0.1, 0.15) is 55.5 Å². The maximum absolute atomic E-state index is 3.69. The van der Waals surface area contributed by atoms with Gasteiger partial charge in [-0.25, -0.2) is 0 Å². The van der Waals surface area contributed by atoms with Crippen LogP contribution >= 0.6 is 11.3 Å². The Morgan fingerprint density at radius 2 is 1.94 bits per heavy atom. The van der Waals surface area contributed by atoms with Gasteiger partial charge in [-0.05, 0) is 43.9 Å². The van der Waals surface area contributed by atoms with E-state index in [4.69, 9.17) is 0 Å². The van der Waals surface area contributed by atoms with E-state index in [2.05, 4.69) is 52.9 Å². The molecule has 16 heavy (non-hydrogen) atoms. The van der Waals surface area contributed by atoms with E-state index in [0.29, 0.717) is 6.04 Å². The number of thiophene rings is 1. The van der Waals surface area contributed by atoms with Gasteiger partial charge in [0.05, 0.1) is 0 Å². The zero-order valence-electron chi connectivity index (χ0n) is 11.5. The van der Waals surface area contributed by atoms with Crippen LogP contribution in [0.15, 0.2) is 6.07 Å². The van der Waals surface area contributed by atoms with Gasteiger partial charge in [-0.2, -0.15) is 0 Å². The second kappa shape index (κ2) is 5.33. The summed E-state index contributed by atoms with van der Waals surface area (Å²) in [6.07, 6.45) is 1.19. The lowest BCUT2D eigenvalue weighted by molar-refractivity contribution is 0.273. The van der Waals surface area contributed by atoms with E-state index in [1.807, 2.05) is 11.3 Å². The first-order valence-corrected chi connectivity index (χ1v) is 6.98. The summed E-state index contributed by atoms with van der Waals surface area (Å²) in [4.78, 5) is 2.88. The lowest BCUT2D eigenvalue weighted by Gasteiger charge is -2.32. The molecule has 1 N–H and O–H groups in total. The monoisotopic (exact) mass is 239 g/mol. The molecular formula is C14H25NS. The molecule has 0 aliphatic heterocycles. The minimum atomic E-state index is 0.271. The number of hydrogen-bond donors (Lipinski definition) is 1. The molecule has 2 heteroatoms. The Morgan fingerprint density at radius 1 is 1.31 bits per heavy atom. The van der Waals surface area contributed by atoms with Gasteiger partial charge < -0.3 is 5.32 Å². The van der Waals surface area contributed by atoms with Gasteiger partial charge in [-0.1, -0.05) is 27.7 Å². The molecule has 1 aromatic rings. The molecule has 0 fully saturated rings. The molecule has 1 atom stereocenters. The first-order valence-electron chi connectivity index (χ1n) is 6.16. The average Bonchev–Trinajstić information content (AvgIpc) is 2.44. The Morgan fingerprint density at radius 3 is 2.31 bits per heavy atom. The minimum absolute atomic E-state index is 0.271. The van der Waals surface area contributed by atoms with Crippen LogP contribution in [0.25, 0.3) is 0 Å². The molecule has 0 amide bonds. The molecule has 0 aliphatic rings. The van der Waals surface area contributed by atoms with Gasteiger partial charge in [0.1, 0.15) is 0 Å². The van der Waals surface area contributed by atoms with Crippen LogP contribution in [0.5, 0.6) is 0 Å². The molecule has 0 saturated carbocycles. The molecule has 0 saturated heterocycles. The molecule has 0 radical (unpaired) electrons. The highest BCUT2D eigenvalue weighted by molar-refractivity contribution is 7.12. The lowest BCUT2D eigenvalue weighted by atomic mass is 9.82. The zero-order valence-corrected chi connectivity index (χ0v) is 12.3. The van der Waals surface area contributed by atoms with Crippen LogP contribution in [0.2, 0.25) is 0 Å². The first-order chi connectivity index (χ1) is 7.36. The Kier molecular flexibility index (Phi) is 4.57. The Bertz CT molecular complexity index is 333. The second-order valence-corrected chi connectivity index (χ2v) is 7.08. The summed E-state index contributed by atoms with van der Waals surface area (Å²) < 4.78 is 0. The topological polar surface area (TPSA) is 12.0 Å². The Balaban J connectivity index is 2.96. The van der Waals surface area contributed by atoms with E-state index in [-0.39, 0.29) is 5.41 Å². The number of hydrogen-bond acceptors (Lipinski definition) is 2. The quantitative estimate of drug-likeness (QED) is 0.818. The summed E-state index contributed by atoms with van der Waals surface area (Å²) in [6, 6.07) is 2.82. The molecule has 0 aromatic carbocycles. The van der Waals surface area contributed by atoms with E-state index < -0.39 is 0 Å². The van der Waals surface area contributed by atoms with E-state index in [1.165, 1.54) is 21.7 Å². The highest BCUT2D eigenvalue weighted by Gasteiger charge is 2.27. The molecule has 0 bridgehead atoms. The van der Waals surface area contributed by atoms with Crippen molar-refractivity contribution < 1.29 is 0 Å². The van der Waals surface area contributed by atoms with Crippen LogP contribution in [0.4, 0.5) is 0 Å². The van der Waals surface area contributed by atoms with Gasteiger partial charge in [-0.3, -0.25) is 0 Å². The predicted octanol–water partition coefficient (Wildman–Crippen LogP) is 4.45. The van der Waals surface area contributed by atoms with E-state index >= 15 is 0 Å². The van der Waals surface area contributed by atoms with E-state index in [9.17, 15) is 0 Å². The van der Waals surface area contributed by atoms with Gasteiger partial charge in [0.15, 0.2) is 0 Å². The second-order valence-electron chi connectivity index (χ2n) is 5.62. The van der Waals surface area contributed by atoms with Gasteiger partial charge in [0.25, 0.3) is 0 Å². The van der Waals surface area contributed by atoms with Crippen molar-refractivity contribution in [2.24, 2.45) is 5.41 Å². The van der Waals surface area contributed by atoms with Crippen molar-refractivity contribution >= 4 is 11.3 Å². The van der Waals surface area contributed by atoms with Crippen molar-refractivity contribution in [3.63, 3.8) is 0 Å². The summed E-state index contributed by atoms with van der Waals surface area (Å²) >= 11 is 1.91. The molecule has 1 rings (SSSR count). The third-order valence-corrected chi connectivity index (χ3v) is 3.84. The van der Waals surface area contributed by atoms with Crippen molar-refractivity contribution in [1.29, 1.82) is 0 Å². The smallest absolute Gasteiger partial charge is 0.0380 e. The Hall–Kier alpha value is -0.340. The van der Waals surface area contributed by atoms with E-state index in [1.54, 1.807) is 0 Å². The fraction of sp³-hybridized carbons (Fsp3) is 0.714. The predicted molar refractivity (Wildman–Crippen MR) is 74.3 cm³/mol. The van der Waals surface area contributed by atoms with Gasteiger partial charge in [-0.15, -0.1) is 11.3 Å². The van der Waals surface area contributed by atoms with Crippen LogP contribution < -0.4 is 5.32 Å². The third-order valence-electron chi connectivity index (χ3n) is 2.85. The number of aryl methyl sites for hydroxylation is 2. The fourth-order valence-corrected chi connectivity index (χ4v) is 3.07. The van der Waals surface area contributed by atoms with Crippen LogP contribution in [0.3, 0.4) is 0 Å². The standard InChI is InChI=1S/C14H25NS/c1-7-8-15-13(14(4,5)6)12-9-10(2)16-11(12)3/h9,13,15H,7-8H2,1-6H3. The average molecular weight is 239 g/mol. The van der Waals surface area contributed by atoms with Crippen LogP contribution in [0, 0.1) is 19.3 Å². The highest BCUT2D eigenvalue weighted by Crippen LogP contribution is 2.37. The molecule has 0 aliphatic carbocycles. The first kappa shape index (κ1) is 13.7. The maximum Gasteiger partial charge on any atom is 0.0380 e.